The SMILES string of the molecule is CC1(C)c2ccccc2-c2cc3c(-c4cccc5ccccc45)c4ccccc4c(-c4ccccc4)c3cc21. The van der Waals surface area contributed by atoms with Crippen LogP contribution in [0.4, 0.5) is 0 Å². The summed E-state index contributed by atoms with van der Waals surface area (Å²) in [7, 11) is 0. The van der Waals surface area contributed by atoms with Gasteiger partial charge in [-0.2, -0.15) is 0 Å². The Morgan fingerprint density at radius 2 is 0.974 bits per heavy atom. The zero-order valence-corrected chi connectivity index (χ0v) is 22.2. The Hall–Kier alpha value is -4.68. The molecule has 0 nitrogen and oxygen atoms in total. The van der Waals surface area contributed by atoms with E-state index in [1.54, 1.807) is 0 Å². The maximum absolute atomic E-state index is 2.51. The molecule has 0 radical (unpaired) electrons. The molecule has 7 aromatic carbocycles. The third-order valence-corrected chi connectivity index (χ3v) is 8.85. The van der Waals surface area contributed by atoms with E-state index in [-0.39, 0.29) is 5.41 Å². The van der Waals surface area contributed by atoms with Crippen LogP contribution in [0.1, 0.15) is 25.0 Å². The molecule has 0 aromatic heterocycles. The van der Waals surface area contributed by atoms with Crippen molar-refractivity contribution in [2.24, 2.45) is 0 Å². The summed E-state index contributed by atoms with van der Waals surface area (Å²) in [6, 6.07) is 49.4. The van der Waals surface area contributed by atoms with Crippen molar-refractivity contribution in [2.45, 2.75) is 19.3 Å². The van der Waals surface area contributed by atoms with Crippen molar-refractivity contribution in [3.8, 4) is 33.4 Å². The van der Waals surface area contributed by atoms with Crippen LogP contribution >= 0.6 is 0 Å². The molecule has 0 aliphatic heterocycles. The summed E-state index contributed by atoms with van der Waals surface area (Å²) in [6.07, 6.45) is 0. The average Bonchev–Trinajstić information content (AvgIpc) is 3.21. The summed E-state index contributed by atoms with van der Waals surface area (Å²) in [5, 5.41) is 7.79. The third-order valence-electron chi connectivity index (χ3n) is 8.85. The van der Waals surface area contributed by atoms with Crippen molar-refractivity contribution in [3.63, 3.8) is 0 Å². The van der Waals surface area contributed by atoms with E-state index in [0.29, 0.717) is 0 Å². The van der Waals surface area contributed by atoms with Gasteiger partial charge in [0.25, 0.3) is 0 Å². The molecular weight excluding hydrogens is 468 g/mol. The normalized spacial score (nSPS) is 13.6. The van der Waals surface area contributed by atoms with Gasteiger partial charge in [0.1, 0.15) is 0 Å². The lowest BCUT2D eigenvalue weighted by molar-refractivity contribution is 0.661. The molecule has 0 saturated carbocycles. The predicted octanol–water partition coefficient (Wildman–Crippen LogP) is 10.8. The van der Waals surface area contributed by atoms with E-state index in [9.17, 15) is 0 Å². The van der Waals surface area contributed by atoms with Crippen molar-refractivity contribution < 1.29 is 0 Å². The minimum absolute atomic E-state index is 0.0562. The first kappa shape index (κ1) is 22.3. The van der Waals surface area contributed by atoms with Crippen LogP contribution in [0, 0.1) is 0 Å². The molecule has 1 aliphatic carbocycles. The Labute approximate surface area is 229 Å². The standard InChI is InChI=1S/C39H28/c1-39(2)35-22-11-10-18-28(35)32-23-33-34(24-36(32)39)37(26-14-4-3-5-15-26)30-19-8-9-20-31(30)38(33)29-21-12-16-25-13-6-7-17-27(25)29/h3-24H,1-2H3. The summed E-state index contributed by atoms with van der Waals surface area (Å²) >= 11 is 0. The lowest BCUT2D eigenvalue weighted by Crippen LogP contribution is -2.14. The minimum atomic E-state index is -0.0562. The van der Waals surface area contributed by atoms with E-state index in [2.05, 4.69) is 147 Å². The van der Waals surface area contributed by atoms with Gasteiger partial charge in [-0.15, -0.1) is 0 Å². The van der Waals surface area contributed by atoms with Gasteiger partial charge in [0.2, 0.25) is 0 Å². The highest BCUT2D eigenvalue weighted by molar-refractivity contribution is 6.24. The average molecular weight is 497 g/mol. The molecular formula is C39H28. The number of hydrogen-bond acceptors (Lipinski definition) is 0. The van der Waals surface area contributed by atoms with Crippen LogP contribution in [0.2, 0.25) is 0 Å². The van der Waals surface area contributed by atoms with E-state index in [1.807, 2.05) is 0 Å². The topological polar surface area (TPSA) is 0 Å². The lowest BCUT2D eigenvalue weighted by Gasteiger charge is -2.24. The molecule has 0 amide bonds. The largest absolute Gasteiger partial charge is 0.0622 e. The molecule has 0 atom stereocenters. The van der Waals surface area contributed by atoms with Crippen LogP contribution in [-0.4, -0.2) is 0 Å². The van der Waals surface area contributed by atoms with E-state index >= 15 is 0 Å². The first-order chi connectivity index (χ1) is 19.1. The van der Waals surface area contributed by atoms with Crippen LogP contribution in [-0.2, 0) is 5.41 Å². The van der Waals surface area contributed by atoms with Gasteiger partial charge in [0, 0.05) is 5.41 Å². The van der Waals surface area contributed by atoms with Crippen molar-refractivity contribution in [2.75, 3.05) is 0 Å². The number of benzene rings is 7. The minimum Gasteiger partial charge on any atom is -0.0622 e. The number of fused-ring (bicyclic) bond motifs is 6. The Bertz CT molecular complexity index is 2070. The van der Waals surface area contributed by atoms with Gasteiger partial charge < -0.3 is 0 Å². The van der Waals surface area contributed by atoms with Gasteiger partial charge in [-0.25, -0.2) is 0 Å². The molecule has 0 fully saturated rings. The van der Waals surface area contributed by atoms with Gasteiger partial charge in [0.15, 0.2) is 0 Å². The van der Waals surface area contributed by atoms with Gasteiger partial charge in [-0.3, -0.25) is 0 Å². The maximum atomic E-state index is 2.51. The zero-order chi connectivity index (χ0) is 26.1. The molecule has 0 bridgehead atoms. The highest BCUT2D eigenvalue weighted by Gasteiger charge is 2.36. The number of rotatable bonds is 2. The molecule has 0 unspecified atom stereocenters. The summed E-state index contributed by atoms with van der Waals surface area (Å²) in [5.74, 6) is 0. The van der Waals surface area contributed by atoms with E-state index in [0.717, 1.165) is 0 Å². The smallest absolute Gasteiger partial charge is 0.0159 e. The van der Waals surface area contributed by atoms with Crippen molar-refractivity contribution in [1.82, 2.24) is 0 Å². The predicted molar refractivity (Wildman–Crippen MR) is 167 cm³/mol. The van der Waals surface area contributed by atoms with Crippen LogP contribution in [0.15, 0.2) is 133 Å². The molecule has 8 rings (SSSR count). The van der Waals surface area contributed by atoms with Crippen LogP contribution in [0.25, 0.3) is 65.7 Å². The summed E-state index contributed by atoms with van der Waals surface area (Å²) in [6.45, 7) is 4.75. The van der Waals surface area contributed by atoms with Crippen LogP contribution in [0.3, 0.4) is 0 Å². The van der Waals surface area contributed by atoms with Crippen molar-refractivity contribution in [1.29, 1.82) is 0 Å². The molecule has 0 saturated heterocycles. The van der Waals surface area contributed by atoms with Crippen LogP contribution < -0.4 is 0 Å². The quantitative estimate of drug-likeness (QED) is 0.209. The molecule has 39 heavy (non-hydrogen) atoms. The van der Waals surface area contributed by atoms with Crippen molar-refractivity contribution in [3.05, 3.63) is 145 Å². The fraction of sp³-hybridized carbons (Fsp3) is 0.0769. The molecule has 7 aromatic rings. The lowest BCUT2D eigenvalue weighted by atomic mass is 9.79. The van der Waals surface area contributed by atoms with E-state index in [4.69, 9.17) is 0 Å². The second-order valence-electron chi connectivity index (χ2n) is 11.3. The van der Waals surface area contributed by atoms with Gasteiger partial charge in [0.05, 0.1) is 0 Å². The van der Waals surface area contributed by atoms with Crippen LogP contribution in [0.5, 0.6) is 0 Å². The molecule has 0 heteroatoms. The molecule has 0 spiro atoms. The first-order valence-corrected chi connectivity index (χ1v) is 13.8. The Kier molecular flexibility index (Phi) is 4.67. The van der Waals surface area contributed by atoms with Gasteiger partial charge >= 0.3 is 0 Å². The summed E-state index contributed by atoms with van der Waals surface area (Å²) < 4.78 is 0. The van der Waals surface area contributed by atoms with Crippen molar-refractivity contribution >= 4 is 32.3 Å². The Morgan fingerprint density at radius 3 is 1.79 bits per heavy atom. The fourth-order valence-electron chi connectivity index (χ4n) is 7.02. The Balaban J connectivity index is 1.62. The molecule has 184 valence electrons. The summed E-state index contributed by atoms with van der Waals surface area (Å²) in [4.78, 5) is 0. The summed E-state index contributed by atoms with van der Waals surface area (Å²) in [5.41, 5.74) is 10.7. The first-order valence-electron chi connectivity index (χ1n) is 13.8. The molecule has 1 aliphatic rings. The maximum Gasteiger partial charge on any atom is 0.0159 e. The third kappa shape index (κ3) is 3.12. The second kappa shape index (κ2) is 8.16. The molecule has 0 N–H and O–H groups in total. The number of hydrogen-bond donors (Lipinski definition) is 0. The zero-order valence-electron chi connectivity index (χ0n) is 22.2. The van der Waals surface area contributed by atoms with E-state index < -0.39 is 0 Å². The van der Waals surface area contributed by atoms with E-state index in [1.165, 1.54) is 76.8 Å². The monoisotopic (exact) mass is 496 g/mol. The fourth-order valence-corrected chi connectivity index (χ4v) is 7.02. The highest BCUT2D eigenvalue weighted by Crippen LogP contribution is 2.53. The molecule has 0 heterocycles. The van der Waals surface area contributed by atoms with Gasteiger partial charge in [-0.1, -0.05) is 135 Å². The van der Waals surface area contributed by atoms with Gasteiger partial charge in [-0.05, 0) is 89.0 Å². The Morgan fingerprint density at radius 1 is 0.385 bits per heavy atom. The second-order valence-corrected chi connectivity index (χ2v) is 11.3. The highest BCUT2D eigenvalue weighted by atomic mass is 14.4.